The van der Waals surface area contributed by atoms with E-state index in [9.17, 15) is 23.3 Å². The summed E-state index contributed by atoms with van der Waals surface area (Å²) in [5.74, 6) is 0.476. The lowest BCUT2D eigenvalue weighted by atomic mass is 9.88. The van der Waals surface area contributed by atoms with Gasteiger partial charge in [0.2, 0.25) is 5.91 Å². The third-order valence-corrected chi connectivity index (χ3v) is 6.52. The second-order valence-electron chi connectivity index (χ2n) is 7.20. The number of halogens is 1. The summed E-state index contributed by atoms with van der Waals surface area (Å²) in [6.45, 7) is 5.62. The fourth-order valence-corrected chi connectivity index (χ4v) is 4.11. The first kappa shape index (κ1) is 22.4. The van der Waals surface area contributed by atoms with Crippen molar-refractivity contribution in [2.24, 2.45) is 11.8 Å². The number of sulfone groups is 1. The van der Waals surface area contributed by atoms with E-state index in [2.05, 4.69) is 5.32 Å². The van der Waals surface area contributed by atoms with Crippen molar-refractivity contribution >= 4 is 39.5 Å². The molecule has 1 atom stereocenters. The molecule has 2 saturated heterocycles. The van der Waals surface area contributed by atoms with Crippen molar-refractivity contribution in [3.63, 3.8) is 0 Å². The van der Waals surface area contributed by atoms with Gasteiger partial charge in [0.25, 0.3) is 5.69 Å². The molecule has 0 aliphatic carbocycles. The van der Waals surface area contributed by atoms with E-state index in [1.807, 2.05) is 16.7 Å². The summed E-state index contributed by atoms with van der Waals surface area (Å²) in [7, 11) is -3.52. The fraction of sp³-hybridized carbons (Fsp3) is 0.588. The van der Waals surface area contributed by atoms with E-state index in [1.54, 1.807) is 0 Å². The van der Waals surface area contributed by atoms with Gasteiger partial charge in [-0.05, 0) is 31.1 Å². The highest BCUT2D eigenvalue weighted by Crippen LogP contribution is 2.32. The predicted octanol–water partition coefficient (Wildman–Crippen LogP) is 0.924. The van der Waals surface area contributed by atoms with Gasteiger partial charge in [0.05, 0.1) is 9.82 Å². The van der Waals surface area contributed by atoms with Crippen molar-refractivity contribution in [2.75, 3.05) is 50.4 Å². The lowest BCUT2D eigenvalue weighted by Gasteiger charge is -2.39. The minimum absolute atomic E-state index is 0. The maximum absolute atomic E-state index is 12.6. The largest absolute Gasteiger partial charge is 0.362 e. The van der Waals surface area contributed by atoms with Crippen LogP contribution >= 0.6 is 12.4 Å². The van der Waals surface area contributed by atoms with Crippen LogP contribution in [0.15, 0.2) is 23.1 Å². The summed E-state index contributed by atoms with van der Waals surface area (Å²) in [5, 5.41) is 14.6. The van der Waals surface area contributed by atoms with Crippen LogP contribution in [0.4, 0.5) is 11.4 Å². The number of carbonyl (C=O) groups excluding carboxylic acids is 1. The summed E-state index contributed by atoms with van der Waals surface area (Å²) in [4.78, 5) is 27.1. The highest BCUT2D eigenvalue weighted by Gasteiger charge is 2.33. The van der Waals surface area contributed by atoms with Crippen LogP contribution in [-0.2, 0) is 14.6 Å². The first-order valence-corrected chi connectivity index (χ1v) is 10.8. The Hall–Kier alpha value is -1.91. The number of amides is 1. The normalized spacial score (nSPS) is 18.8. The van der Waals surface area contributed by atoms with Crippen molar-refractivity contribution in [1.82, 2.24) is 10.2 Å². The van der Waals surface area contributed by atoms with Crippen LogP contribution in [0.5, 0.6) is 0 Å². The van der Waals surface area contributed by atoms with Crippen molar-refractivity contribution in [1.29, 1.82) is 0 Å². The fourth-order valence-electron chi connectivity index (χ4n) is 3.47. The number of nitro groups is 1. The van der Waals surface area contributed by atoms with Crippen LogP contribution in [0.2, 0.25) is 0 Å². The lowest BCUT2D eigenvalue weighted by Crippen LogP contribution is -2.54. The van der Waals surface area contributed by atoms with Crippen LogP contribution in [0.1, 0.15) is 6.92 Å². The number of hydrogen-bond acceptors (Lipinski definition) is 7. The van der Waals surface area contributed by atoms with Crippen LogP contribution < -0.4 is 10.2 Å². The minimum Gasteiger partial charge on any atom is -0.362 e. The van der Waals surface area contributed by atoms with Crippen molar-refractivity contribution in [3.05, 3.63) is 28.3 Å². The monoisotopic (exact) mass is 432 g/mol. The van der Waals surface area contributed by atoms with E-state index < -0.39 is 14.8 Å². The molecule has 2 aliphatic rings. The van der Waals surface area contributed by atoms with Gasteiger partial charge in [-0.15, -0.1) is 12.4 Å². The van der Waals surface area contributed by atoms with Gasteiger partial charge in [0.1, 0.15) is 5.69 Å². The Labute approximate surface area is 170 Å². The van der Waals surface area contributed by atoms with Crippen molar-refractivity contribution in [3.8, 4) is 0 Å². The summed E-state index contributed by atoms with van der Waals surface area (Å²) in [5.41, 5.74) is 0.155. The zero-order valence-electron chi connectivity index (χ0n) is 15.8. The molecule has 1 unspecified atom stereocenters. The third-order valence-electron chi connectivity index (χ3n) is 5.41. The van der Waals surface area contributed by atoms with Gasteiger partial charge in [0, 0.05) is 44.4 Å². The number of rotatable bonds is 5. The first-order valence-electron chi connectivity index (χ1n) is 8.91. The molecule has 28 heavy (non-hydrogen) atoms. The summed E-state index contributed by atoms with van der Waals surface area (Å²) in [6, 6.07) is 3.98. The second-order valence-corrected chi connectivity index (χ2v) is 9.21. The highest BCUT2D eigenvalue weighted by molar-refractivity contribution is 7.90. The molecule has 0 aromatic heterocycles. The number of nitro benzene ring substituents is 1. The molecule has 11 heteroatoms. The number of nitrogens with one attached hydrogen (secondary N) is 1. The molecule has 1 N–H and O–H groups in total. The summed E-state index contributed by atoms with van der Waals surface area (Å²) >= 11 is 0. The molecule has 1 amide bonds. The van der Waals surface area contributed by atoms with Crippen LogP contribution in [0.25, 0.3) is 0 Å². The number of hydrogen-bond donors (Lipinski definition) is 1. The van der Waals surface area contributed by atoms with Gasteiger partial charge < -0.3 is 15.1 Å². The maximum atomic E-state index is 12.6. The average molecular weight is 433 g/mol. The van der Waals surface area contributed by atoms with Gasteiger partial charge in [0.15, 0.2) is 9.84 Å². The zero-order valence-corrected chi connectivity index (χ0v) is 17.5. The molecule has 9 nitrogen and oxygen atoms in total. The van der Waals surface area contributed by atoms with Gasteiger partial charge in [-0.25, -0.2) is 8.42 Å². The average Bonchev–Trinajstić information content (AvgIpc) is 2.58. The number of piperazine rings is 1. The molecule has 0 bridgehead atoms. The number of carbonyl (C=O) groups is 1. The Bertz CT molecular complexity index is 851. The first-order chi connectivity index (χ1) is 12.7. The molecule has 1 aromatic rings. The van der Waals surface area contributed by atoms with Crippen LogP contribution in [-0.4, -0.2) is 69.7 Å². The van der Waals surface area contributed by atoms with E-state index in [0.717, 1.165) is 25.4 Å². The Balaban J connectivity index is 0.00000280. The van der Waals surface area contributed by atoms with Gasteiger partial charge in [-0.3, -0.25) is 14.9 Å². The molecule has 1 aromatic carbocycles. The molecule has 156 valence electrons. The third kappa shape index (κ3) is 4.56. The Kier molecular flexibility index (Phi) is 6.89. The summed E-state index contributed by atoms with van der Waals surface area (Å²) < 4.78 is 23.4. The SMILES string of the molecule is CC(C(=O)N1CCN(c2ccc(S(C)(=O)=O)cc2[N+](=O)[O-])CC1)C1CNC1.Cl. The molecular weight excluding hydrogens is 408 g/mol. The number of nitrogens with zero attached hydrogens (tertiary/aromatic N) is 3. The minimum atomic E-state index is -3.52. The molecule has 2 fully saturated rings. The van der Waals surface area contributed by atoms with E-state index >= 15 is 0 Å². The molecule has 0 saturated carbocycles. The van der Waals surface area contributed by atoms with Gasteiger partial charge in [-0.1, -0.05) is 6.92 Å². The molecule has 0 radical (unpaired) electrons. The molecular formula is C17H25ClN4O5S. The van der Waals surface area contributed by atoms with Crippen LogP contribution in [0, 0.1) is 22.0 Å². The van der Waals surface area contributed by atoms with E-state index in [4.69, 9.17) is 0 Å². The Morgan fingerprint density at radius 1 is 1.25 bits per heavy atom. The van der Waals surface area contributed by atoms with E-state index in [0.29, 0.717) is 37.8 Å². The zero-order chi connectivity index (χ0) is 19.8. The molecule has 2 aliphatic heterocycles. The van der Waals surface area contributed by atoms with Crippen LogP contribution in [0.3, 0.4) is 0 Å². The topological polar surface area (TPSA) is 113 Å². The van der Waals surface area contributed by atoms with Gasteiger partial charge in [-0.2, -0.15) is 0 Å². The standard InChI is InChI=1S/C17H24N4O5S.ClH/c1-12(13-10-18-11-13)17(22)20-7-5-19(6-8-20)15-4-3-14(27(2,25)26)9-16(15)21(23)24;/h3-4,9,12-13,18H,5-8,10-11H2,1-2H3;1H. The summed E-state index contributed by atoms with van der Waals surface area (Å²) in [6.07, 6.45) is 1.02. The molecule has 3 rings (SSSR count). The highest BCUT2D eigenvalue weighted by atomic mass is 35.5. The van der Waals surface area contributed by atoms with E-state index in [1.165, 1.54) is 12.1 Å². The quantitative estimate of drug-likeness (QED) is 0.543. The molecule has 2 heterocycles. The Morgan fingerprint density at radius 3 is 2.32 bits per heavy atom. The second kappa shape index (κ2) is 8.62. The van der Waals surface area contributed by atoms with Gasteiger partial charge >= 0.3 is 0 Å². The van der Waals surface area contributed by atoms with E-state index in [-0.39, 0.29) is 34.8 Å². The smallest absolute Gasteiger partial charge is 0.293 e. The Morgan fingerprint density at radius 2 is 1.86 bits per heavy atom. The lowest BCUT2D eigenvalue weighted by molar-refractivity contribution is -0.384. The number of benzene rings is 1. The van der Waals surface area contributed by atoms with Crippen molar-refractivity contribution < 1.29 is 18.1 Å². The van der Waals surface area contributed by atoms with Crippen molar-refractivity contribution in [2.45, 2.75) is 11.8 Å². The molecule has 0 spiro atoms. The predicted molar refractivity (Wildman–Crippen MR) is 108 cm³/mol. The maximum Gasteiger partial charge on any atom is 0.293 e. The number of anilines is 1.